The molecule has 4 saturated carbocycles. The van der Waals surface area contributed by atoms with Gasteiger partial charge in [0.2, 0.25) is 0 Å². The van der Waals surface area contributed by atoms with Gasteiger partial charge in [-0.15, -0.1) is 0 Å². The molecule has 148 valence electrons. The van der Waals surface area contributed by atoms with Gasteiger partial charge in [0.05, 0.1) is 0 Å². The molecule has 4 aliphatic carbocycles. The van der Waals surface area contributed by atoms with Crippen LogP contribution in [0.3, 0.4) is 0 Å². The van der Waals surface area contributed by atoms with Crippen molar-refractivity contribution in [2.24, 2.45) is 17.3 Å². The fraction of sp³-hybridized carbons (Fsp3) is 0.565. The molecule has 0 radical (unpaired) electrons. The van der Waals surface area contributed by atoms with Crippen molar-refractivity contribution in [3.63, 3.8) is 0 Å². The zero-order valence-corrected chi connectivity index (χ0v) is 16.8. The Bertz CT molecular complexity index is 872. The molecule has 4 fully saturated rings. The third-order valence-corrected chi connectivity index (χ3v) is 7.34. The molecule has 2 aromatic rings. The second-order valence-corrected chi connectivity index (χ2v) is 9.74. The largest absolute Gasteiger partial charge is 0.360 e. The summed E-state index contributed by atoms with van der Waals surface area (Å²) in [6, 6.07) is 10.8. The van der Waals surface area contributed by atoms with E-state index in [0.29, 0.717) is 17.0 Å². The lowest BCUT2D eigenvalue weighted by atomic mass is 9.43. The van der Waals surface area contributed by atoms with Crippen molar-refractivity contribution in [1.82, 2.24) is 10.5 Å². The lowest BCUT2D eigenvalue weighted by molar-refractivity contribution is -0.0692. The number of hydrogen-bond acceptors (Lipinski definition) is 3. The molecule has 2 N–H and O–H groups in total. The summed E-state index contributed by atoms with van der Waals surface area (Å²) in [4.78, 5) is 12.4. The van der Waals surface area contributed by atoms with Gasteiger partial charge in [-0.3, -0.25) is 5.32 Å². The molecule has 0 spiro atoms. The molecule has 28 heavy (non-hydrogen) atoms. The Hall–Kier alpha value is -2.30. The summed E-state index contributed by atoms with van der Waals surface area (Å²) < 4.78 is 5.02. The monoisotopic (exact) mass is 379 g/mol. The summed E-state index contributed by atoms with van der Waals surface area (Å²) in [6.45, 7) is 4.72. The van der Waals surface area contributed by atoms with Crippen LogP contribution in [0.2, 0.25) is 0 Å². The minimum absolute atomic E-state index is 0.187. The van der Waals surface area contributed by atoms with Gasteiger partial charge in [-0.2, -0.15) is 0 Å². The van der Waals surface area contributed by atoms with Gasteiger partial charge in [-0.05, 0) is 80.6 Å². The molecule has 2 amide bonds. The van der Waals surface area contributed by atoms with E-state index in [0.717, 1.165) is 18.4 Å². The van der Waals surface area contributed by atoms with Crippen LogP contribution in [0.25, 0.3) is 0 Å². The van der Waals surface area contributed by atoms with E-state index in [2.05, 4.69) is 47.0 Å². The van der Waals surface area contributed by atoms with Crippen LogP contribution in [0.4, 0.5) is 10.6 Å². The maximum atomic E-state index is 12.4. The van der Waals surface area contributed by atoms with E-state index < -0.39 is 0 Å². The topological polar surface area (TPSA) is 67.2 Å². The van der Waals surface area contributed by atoms with Crippen molar-refractivity contribution in [2.45, 2.75) is 57.8 Å². The van der Waals surface area contributed by atoms with E-state index in [4.69, 9.17) is 4.52 Å². The molecule has 0 aliphatic heterocycles. The maximum absolute atomic E-state index is 12.4. The van der Waals surface area contributed by atoms with E-state index in [1.54, 1.807) is 6.07 Å². The Kier molecular flexibility index (Phi) is 4.04. The summed E-state index contributed by atoms with van der Waals surface area (Å²) in [6.07, 6.45) is 7.71. The van der Waals surface area contributed by atoms with E-state index in [1.807, 2.05) is 6.92 Å². The number of nitrogens with one attached hydrogen (secondary N) is 2. The minimum atomic E-state index is -0.187. The number of amides is 2. The first kappa shape index (κ1) is 17.8. The highest BCUT2D eigenvalue weighted by atomic mass is 16.5. The first-order valence-corrected chi connectivity index (χ1v) is 10.5. The van der Waals surface area contributed by atoms with Gasteiger partial charge in [-0.1, -0.05) is 35.0 Å². The lowest BCUT2D eigenvalue weighted by Crippen LogP contribution is -2.57. The van der Waals surface area contributed by atoms with Crippen LogP contribution in [0, 0.1) is 31.1 Å². The number of hydrogen-bond donors (Lipinski definition) is 2. The Balaban J connectivity index is 1.32. The molecule has 0 saturated heterocycles. The summed E-state index contributed by atoms with van der Waals surface area (Å²) in [7, 11) is 0. The fourth-order valence-corrected chi connectivity index (χ4v) is 6.76. The van der Waals surface area contributed by atoms with Crippen LogP contribution in [-0.2, 0) is 5.41 Å². The number of carbonyl (C=O) groups is 1. The van der Waals surface area contributed by atoms with Crippen molar-refractivity contribution >= 4 is 11.8 Å². The number of benzene rings is 1. The number of aromatic nitrogens is 1. The third kappa shape index (κ3) is 3.11. The van der Waals surface area contributed by atoms with Gasteiger partial charge in [0.15, 0.2) is 5.82 Å². The quantitative estimate of drug-likeness (QED) is 0.790. The Morgan fingerprint density at radius 1 is 1.14 bits per heavy atom. The minimum Gasteiger partial charge on any atom is -0.360 e. The number of rotatable bonds is 4. The molecule has 1 aromatic heterocycles. The van der Waals surface area contributed by atoms with Gasteiger partial charge < -0.3 is 9.84 Å². The molecule has 4 bridgehead atoms. The summed E-state index contributed by atoms with van der Waals surface area (Å²) >= 11 is 0. The molecule has 6 rings (SSSR count). The molecule has 5 nitrogen and oxygen atoms in total. The number of nitrogens with zero attached hydrogens (tertiary/aromatic N) is 1. The van der Waals surface area contributed by atoms with Crippen LogP contribution >= 0.6 is 0 Å². The van der Waals surface area contributed by atoms with Crippen LogP contribution < -0.4 is 10.6 Å². The van der Waals surface area contributed by atoms with Gasteiger partial charge in [0, 0.05) is 12.6 Å². The van der Waals surface area contributed by atoms with Crippen LogP contribution in [-0.4, -0.2) is 17.7 Å². The van der Waals surface area contributed by atoms with E-state index in [1.165, 1.54) is 49.7 Å². The van der Waals surface area contributed by atoms with Gasteiger partial charge in [-0.25, -0.2) is 4.79 Å². The molecule has 1 aromatic carbocycles. The molecule has 5 heteroatoms. The van der Waals surface area contributed by atoms with Gasteiger partial charge in [0.1, 0.15) is 5.76 Å². The number of urea groups is 1. The normalized spacial score (nSPS) is 33.1. The average molecular weight is 380 g/mol. The summed E-state index contributed by atoms with van der Waals surface area (Å²) in [5.41, 5.74) is 3.37. The van der Waals surface area contributed by atoms with Crippen molar-refractivity contribution in [2.75, 3.05) is 11.9 Å². The fourth-order valence-electron chi connectivity index (χ4n) is 6.76. The number of aryl methyl sites for hydroxylation is 2. The maximum Gasteiger partial charge on any atom is 0.320 e. The first-order chi connectivity index (χ1) is 13.4. The smallest absolute Gasteiger partial charge is 0.320 e. The van der Waals surface area contributed by atoms with Crippen molar-refractivity contribution in [3.05, 3.63) is 47.2 Å². The molecular formula is C23H29N3O2. The zero-order chi connectivity index (χ0) is 19.4. The van der Waals surface area contributed by atoms with Crippen LogP contribution in [0.5, 0.6) is 0 Å². The Morgan fingerprint density at radius 2 is 1.86 bits per heavy atom. The van der Waals surface area contributed by atoms with Crippen LogP contribution in [0.15, 0.2) is 34.9 Å². The van der Waals surface area contributed by atoms with Crippen molar-refractivity contribution < 1.29 is 9.32 Å². The van der Waals surface area contributed by atoms with E-state index in [9.17, 15) is 4.79 Å². The average Bonchev–Trinajstić information content (AvgIpc) is 3.04. The van der Waals surface area contributed by atoms with Gasteiger partial charge >= 0.3 is 6.03 Å². The predicted octanol–water partition coefficient (Wildman–Crippen LogP) is 4.95. The zero-order valence-electron chi connectivity index (χ0n) is 16.8. The van der Waals surface area contributed by atoms with Crippen LogP contribution in [0.1, 0.15) is 55.4 Å². The number of carbonyl (C=O) groups excluding carboxylic acids is 1. The SMILES string of the molecule is Cc1ccc(C23CC4CC(CC(CNC(=O)Nc5cc(C)on5)(C4)C2)C3)cc1. The molecular weight excluding hydrogens is 350 g/mol. The second-order valence-electron chi connectivity index (χ2n) is 9.74. The predicted molar refractivity (Wildman–Crippen MR) is 108 cm³/mol. The van der Waals surface area contributed by atoms with E-state index >= 15 is 0 Å². The Labute approximate surface area is 166 Å². The van der Waals surface area contributed by atoms with Crippen molar-refractivity contribution in [1.29, 1.82) is 0 Å². The summed E-state index contributed by atoms with van der Waals surface area (Å²) in [5.74, 6) is 2.75. The molecule has 2 unspecified atom stereocenters. The Morgan fingerprint density at radius 3 is 2.50 bits per heavy atom. The third-order valence-electron chi connectivity index (χ3n) is 7.34. The number of anilines is 1. The van der Waals surface area contributed by atoms with Crippen molar-refractivity contribution in [3.8, 4) is 0 Å². The first-order valence-electron chi connectivity index (χ1n) is 10.5. The second kappa shape index (κ2) is 6.36. The lowest BCUT2D eigenvalue weighted by Gasteiger charge is -2.62. The molecule has 1 heterocycles. The molecule has 2 atom stereocenters. The highest BCUT2D eigenvalue weighted by molar-refractivity contribution is 5.88. The van der Waals surface area contributed by atoms with Gasteiger partial charge in [0.25, 0.3) is 0 Å². The highest BCUT2D eigenvalue weighted by Crippen LogP contribution is 2.65. The summed E-state index contributed by atoms with van der Waals surface area (Å²) in [5, 5.41) is 9.77. The highest BCUT2D eigenvalue weighted by Gasteiger charge is 2.58. The molecule has 4 aliphatic rings. The standard InChI is InChI=1S/C23H29N3O2/c1-15-3-5-19(6-4-15)23-11-17-8-18(12-23)10-22(9-17,13-23)14-24-21(27)25-20-7-16(2)28-26-20/h3-7,17-18H,8-14H2,1-2H3,(H2,24,25,26,27). The van der Waals surface area contributed by atoms with E-state index in [-0.39, 0.29) is 11.4 Å².